The lowest BCUT2D eigenvalue weighted by atomic mass is 10.1. The molecule has 22 heavy (non-hydrogen) atoms. The molecule has 0 radical (unpaired) electrons. The molecular formula is C17H21Cl2NO2. The smallest absolute Gasteiger partial charge is 0.223 e. The van der Waals surface area contributed by atoms with Crippen molar-refractivity contribution in [3.63, 3.8) is 0 Å². The third kappa shape index (κ3) is 3.95. The van der Waals surface area contributed by atoms with Crippen LogP contribution >= 0.6 is 23.2 Å². The zero-order valence-electron chi connectivity index (χ0n) is 12.6. The Bertz CT molecular complexity index is 539. The zero-order chi connectivity index (χ0) is 15.5. The number of benzene rings is 1. The van der Waals surface area contributed by atoms with Crippen LogP contribution in [0.4, 0.5) is 0 Å². The van der Waals surface area contributed by atoms with Gasteiger partial charge in [-0.3, -0.25) is 4.79 Å². The van der Waals surface area contributed by atoms with Gasteiger partial charge < -0.3 is 9.64 Å². The molecule has 3 nitrogen and oxygen atoms in total. The van der Waals surface area contributed by atoms with Crippen LogP contribution in [0, 0.1) is 5.92 Å². The first-order chi connectivity index (χ1) is 10.6. The van der Waals surface area contributed by atoms with Gasteiger partial charge in [-0.05, 0) is 37.3 Å². The van der Waals surface area contributed by atoms with Crippen molar-refractivity contribution in [2.24, 2.45) is 5.92 Å². The predicted octanol–water partition coefficient (Wildman–Crippen LogP) is 3.95. The van der Waals surface area contributed by atoms with Crippen molar-refractivity contribution >= 4 is 29.1 Å². The van der Waals surface area contributed by atoms with Gasteiger partial charge in [0, 0.05) is 31.5 Å². The Labute approximate surface area is 141 Å². The van der Waals surface area contributed by atoms with E-state index in [9.17, 15) is 4.79 Å². The van der Waals surface area contributed by atoms with Crippen molar-refractivity contribution in [2.45, 2.75) is 38.1 Å². The molecule has 1 atom stereocenters. The molecule has 5 heteroatoms. The summed E-state index contributed by atoms with van der Waals surface area (Å²) >= 11 is 12.2. The Kier molecular flexibility index (Phi) is 5.27. The number of amides is 1. The van der Waals surface area contributed by atoms with Crippen LogP contribution in [0.25, 0.3) is 0 Å². The van der Waals surface area contributed by atoms with Gasteiger partial charge in [-0.2, -0.15) is 0 Å². The molecule has 0 N–H and O–H groups in total. The Hall–Kier alpha value is -0.770. The van der Waals surface area contributed by atoms with Crippen LogP contribution in [-0.2, 0) is 16.0 Å². The lowest BCUT2D eigenvalue weighted by Crippen LogP contribution is -2.37. The average molecular weight is 342 g/mol. The van der Waals surface area contributed by atoms with Crippen LogP contribution < -0.4 is 0 Å². The van der Waals surface area contributed by atoms with Crippen molar-refractivity contribution in [1.82, 2.24) is 4.90 Å². The van der Waals surface area contributed by atoms with Crippen LogP contribution in [0.3, 0.4) is 0 Å². The SMILES string of the molecule is O=C(CCc1cccc(Cl)c1Cl)N(C[C@@H]1CCOC1)C1CC1. The maximum absolute atomic E-state index is 12.6. The van der Waals surface area contributed by atoms with Crippen molar-refractivity contribution in [1.29, 1.82) is 0 Å². The first-order valence-corrected chi connectivity index (χ1v) is 8.71. The molecule has 1 heterocycles. The van der Waals surface area contributed by atoms with Gasteiger partial charge in [-0.15, -0.1) is 0 Å². The molecule has 0 aromatic heterocycles. The minimum atomic E-state index is 0.227. The molecule has 1 aliphatic heterocycles. The Morgan fingerprint density at radius 2 is 2.09 bits per heavy atom. The number of ether oxygens (including phenoxy) is 1. The molecule has 0 bridgehead atoms. The van der Waals surface area contributed by atoms with E-state index in [2.05, 4.69) is 4.90 Å². The van der Waals surface area contributed by atoms with Crippen LogP contribution in [-0.4, -0.2) is 36.6 Å². The second kappa shape index (κ2) is 7.20. The predicted molar refractivity (Wildman–Crippen MR) is 88.4 cm³/mol. The van der Waals surface area contributed by atoms with E-state index in [1.165, 1.54) is 0 Å². The lowest BCUT2D eigenvalue weighted by molar-refractivity contribution is -0.132. The van der Waals surface area contributed by atoms with E-state index in [-0.39, 0.29) is 5.91 Å². The Balaban J connectivity index is 1.58. The summed E-state index contributed by atoms with van der Waals surface area (Å²) in [5, 5.41) is 1.12. The van der Waals surface area contributed by atoms with Crippen LogP contribution in [0.1, 0.15) is 31.2 Å². The van der Waals surface area contributed by atoms with Crippen molar-refractivity contribution < 1.29 is 9.53 Å². The van der Waals surface area contributed by atoms with Gasteiger partial charge in [-0.1, -0.05) is 35.3 Å². The van der Waals surface area contributed by atoms with Crippen LogP contribution in [0.15, 0.2) is 18.2 Å². The molecule has 2 aliphatic rings. The van der Waals surface area contributed by atoms with Gasteiger partial charge in [0.25, 0.3) is 0 Å². The quantitative estimate of drug-likeness (QED) is 0.783. The average Bonchev–Trinajstić information content (AvgIpc) is 3.22. The molecule has 2 fully saturated rings. The molecule has 1 aromatic carbocycles. The summed E-state index contributed by atoms with van der Waals surface area (Å²) in [5.74, 6) is 0.727. The fourth-order valence-electron chi connectivity index (χ4n) is 2.97. The molecule has 3 rings (SSSR count). The zero-order valence-corrected chi connectivity index (χ0v) is 14.1. The minimum Gasteiger partial charge on any atom is -0.381 e. The number of hydrogen-bond donors (Lipinski definition) is 0. The fraction of sp³-hybridized carbons (Fsp3) is 0.588. The number of carbonyl (C=O) groups is 1. The Morgan fingerprint density at radius 1 is 1.27 bits per heavy atom. The molecule has 1 amide bonds. The third-order valence-electron chi connectivity index (χ3n) is 4.43. The van der Waals surface area contributed by atoms with Crippen molar-refractivity contribution in [3.8, 4) is 0 Å². The summed E-state index contributed by atoms with van der Waals surface area (Å²) in [5.41, 5.74) is 0.947. The highest BCUT2D eigenvalue weighted by atomic mass is 35.5. The molecule has 1 saturated carbocycles. The van der Waals surface area contributed by atoms with Crippen molar-refractivity contribution in [2.75, 3.05) is 19.8 Å². The van der Waals surface area contributed by atoms with Crippen LogP contribution in [0.5, 0.6) is 0 Å². The van der Waals surface area contributed by atoms with E-state index in [4.69, 9.17) is 27.9 Å². The van der Waals surface area contributed by atoms with Gasteiger partial charge in [0.15, 0.2) is 0 Å². The van der Waals surface area contributed by atoms with Gasteiger partial charge >= 0.3 is 0 Å². The summed E-state index contributed by atoms with van der Waals surface area (Å²) in [6, 6.07) is 6.03. The molecule has 1 saturated heterocycles. The Morgan fingerprint density at radius 3 is 2.77 bits per heavy atom. The normalized spacial score (nSPS) is 21.1. The topological polar surface area (TPSA) is 29.5 Å². The van der Waals surface area contributed by atoms with E-state index < -0.39 is 0 Å². The van der Waals surface area contributed by atoms with Crippen molar-refractivity contribution in [3.05, 3.63) is 33.8 Å². The molecule has 1 aromatic rings. The summed E-state index contributed by atoms with van der Waals surface area (Å²) in [4.78, 5) is 14.7. The number of nitrogens with zero attached hydrogens (tertiary/aromatic N) is 1. The van der Waals surface area contributed by atoms with E-state index >= 15 is 0 Å². The summed E-state index contributed by atoms with van der Waals surface area (Å²) in [7, 11) is 0. The van der Waals surface area contributed by atoms with E-state index in [1.807, 2.05) is 12.1 Å². The van der Waals surface area contributed by atoms with Gasteiger partial charge in [-0.25, -0.2) is 0 Å². The largest absolute Gasteiger partial charge is 0.381 e. The van der Waals surface area contributed by atoms with E-state index in [0.717, 1.165) is 44.6 Å². The van der Waals surface area contributed by atoms with E-state index in [0.29, 0.717) is 34.8 Å². The molecule has 0 unspecified atom stereocenters. The number of carbonyl (C=O) groups excluding carboxylic acids is 1. The fourth-order valence-corrected chi connectivity index (χ4v) is 3.39. The first-order valence-electron chi connectivity index (χ1n) is 7.95. The summed E-state index contributed by atoms with van der Waals surface area (Å²) in [6.45, 7) is 2.46. The lowest BCUT2D eigenvalue weighted by Gasteiger charge is -2.25. The monoisotopic (exact) mass is 341 g/mol. The summed E-state index contributed by atoms with van der Waals surface area (Å²) in [6.07, 6.45) is 4.47. The highest BCUT2D eigenvalue weighted by Crippen LogP contribution is 2.31. The van der Waals surface area contributed by atoms with Gasteiger partial charge in [0.05, 0.1) is 16.7 Å². The van der Waals surface area contributed by atoms with E-state index in [1.54, 1.807) is 6.07 Å². The van der Waals surface area contributed by atoms with Gasteiger partial charge in [0.2, 0.25) is 5.91 Å². The molecular weight excluding hydrogens is 321 g/mol. The third-order valence-corrected chi connectivity index (χ3v) is 5.28. The number of halogens is 2. The molecule has 1 aliphatic carbocycles. The summed E-state index contributed by atoms with van der Waals surface area (Å²) < 4.78 is 5.43. The first kappa shape index (κ1) is 16.1. The molecule has 0 spiro atoms. The minimum absolute atomic E-state index is 0.227. The number of aryl methyl sites for hydroxylation is 1. The number of rotatable bonds is 6. The highest BCUT2D eigenvalue weighted by molar-refractivity contribution is 6.42. The second-order valence-electron chi connectivity index (χ2n) is 6.22. The second-order valence-corrected chi connectivity index (χ2v) is 7.00. The molecule has 120 valence electrons. The number of hydrogen-bond acceptors (Lipinski definition) is 2. The van der Waals surface area contributed by atoms with Crippen LogP contribution in [0.2, 0.25) is 10.0 Å². The highest BCUT2D eigenvalue weighted by Gasteiger charge is 2.34. The van der Waals surface area contributed by atoms with Gasteiger partial charge in [0.1, 0.15) is 0 Å². The maximum atomic E-state index is 12.6. The maximum Gasteiger partial charge on any atom is 0.223 e. The standard InChI is InChI=1S/C17H21Cl2NO2/c18-15-3-1-2-13(17(15)19)4-7-16(21)20(14-5-6-14)10-12-8-9-22-11-12/h1-3,12,14H,4-11H2/t12-/m0/s1.